The summed E-state index contributed by atoms with van der Waals surface area (Å²) in [5, 5.41) is 7.39. The van der Waals surface area contributed by atoms with Gasteiger partial charge in [-0.25, -0.2) is 4.98 Å². The Hall–Kier alpha value is -2.14. The number of aromatic nitrogens is 3. The van der Waals surface area contributed by atoms with Crippen molar-refractivity contribution in [3.63, 3.8) is 0 Å². The molecular weight excluding hydrogens is 228 g/mol. The van der Waals surface area contributed by atoms with E-state index < -0.39 is 0 Å². The number of hydrogen-bond acceptors (Lipinski definition) is 4. The van der Waals surface area contributed by atoms with Crippen LogP contribution in [0.4, 0.5) is 0 Å². The van der Waals surface area contributed by atoms with E-state index in [1.54, 1.807) is 0 Å². The minimum atomic E-state index is 0.615. The summed E-state index contributed by atoms with van der Waals surface area (Å²) in [6.45, 7) is 2.66. The zero-order valence-corrected chi connectivity index (χ0v) is 10.1. The first kappa shape index (κ1) is 11.0. The predicted molar refractivity (Wildman–Crippen MR) is 69.1 cm³/mol. The van der Waals surface area contributed by atoms with Crippen LogP contribution in [0, 0.1) is 6.92 Å². The highest BCUT2D eigenvalue weighted by atomic mass is 16.3. The van der Waals surface area contributed by atoms with Crippen LogP contribution in [0.2, 0.25) is 0 Å². The lowest BCUT2D eigenvalue weighted by Gasteiger charge is -1.99. The van der Waals surface area contributed by atoms with E-state index in [0.717, 1.165) is 40.0 Å². The molecule has 2 aromatic heterocycles. The van der Waals surface area contributed by atoms with Gasteiger partial charge in [0.1, 0.15) is 5.52 Å². The van der Waals surface area contributed by atoms with Crippen molar-refractivity contribution in [3.05, 3.63) is 35.9 Å². The zero-order valence-electron chi connectivity index (χ0n) is 10.1. The van der Waals surface area contributed by atoms with Crippen molar-refractivity contribution in [2.45, 2.75) is 13.3 Å². The molecule has 0 saturated carbocycles. The molecule has 0 aliphatic rings. The number of fused-ring (bicyclic) bond motifs is 1. The van der Waals surface area contributed by atoms with Crippen LogP contribution < -0.4 is 5.73 Å². The topological polar surface area (TPSA) is 80.7 Å². The molecule has 0 unspecified atom stereocenters. The van der Waals surface area contributed by atoms with Crippen molar-refractivity contribution in [2.75, 3.05) is 6.54 Å². The van der Waals surface area contributed by atoms with Crippen LogP contribution in [0.1, 0.15) is 11.3 Å². The molecule has 0 radical (unpaired) electrons. The average Bonchev–Trinajstić information content (AvgIpc) is 2.97. The summed E-state index contributed by atoms with van der Waals surface area (Å²) >= 11 is 0. The molecule has 0 fully saturated rings. The zero-order chi connectivity index (χ0) is 12.5. The standard InChI is InChI=1S/C13H14N4O/c1-8-10(4-5-14)16-17-13(8)9-2-3-11-12(6-9)18-7-15-11/h2-3,6-7H,4-5,14H2,1H3,(H,16,17). The molecule has 0 amide bonds. The predicted octanol–water partition coefficient (Wildman–Crippen LogP) is 2.03. The lowest BCUT2D eigenvalue weighted by Crippen LogP contribution is -2.03. The number of aromatic amines is 1. The van der Waals surface area contributed by atoms with Gasteiger partial charge >= 0.3 is 0 Å². The van der Waals surface area contributed by atoms with Gasteiger partial charge in [0.25, 0.3) is 0 Å². The summed E-state index contributed by atoms with van der Waals surface area (Å²) in [6.07, 6.45) is 2.26. The van der Waals surface area contributed by atoms with E-state index in [-0.39, 0.29) is 0 Å². The molecule has 0 atom stereocenters. The van der Waals surface area contributed by atoms with E-state index in [0.29, 0.717) is 6.54 Å². The second kappa shape index (κ2) is 4.27. The quantitative estimate of drug-likeness (QED) is 0.736. The highest BCUT2D eigenvalue weighted by Gasteiger charge is 2.11. The van der Waals surface area contributed by atoms with Crippen molar-refractivity contribution in [3.8, 4) is 11.3 Å². The molecule has 18 heavy (non-hydrogen) atoms. The lowest BCUT2D eigenvalue weighted by molar-refractivity contribution is 0.602. The van der Waals surface area contributed by atoms with Gasteiger partial charge in [-0.2, -0.15) is 5.10 Å². The smallest absolute Gasteiger partial charge is 0.181 e. The Kier molecular flexibility index (Phi) is 2.60. The summed E-state index contributed by atoms with van der Waals surface area (Å²) in [7, 11) is 0. The number of oxazole rings is 1. The van der Waals surface area contributed by atoms with Crippen LogP contribution in [0.15, 0.2) is 29.0 Å². The molecule has 5 nitrogen and oxygen atoms in total. The monoisotopic (exact) mass is 242 g/mol. The molecule has 0 bridgehead atoms. The molecule has 3 aromatic rings. The Morgan fingerprint density at radius 1 is 1.39 bits per heavy atom. The summed E-state index contributed by atoms with van der Waals surface area (Å²) in [5.41, 5.74) is 11.4. The fraction of sp³-hybridized carbons (Fsp3) is 0.231. The minimum absolute atomic E-state index is 0.615. The molecule has 0 aliphatic heterocycles. The molecular formula is C13H14N4O. The first-order valence-corrected chi connectivity index (χ1v) is 5.87. The van der Waals surface area contributed by atoms with Gasteiger partial charge in [-0.15, -0.1) is 0 Å². The summed E-state index contributed by atoms with van der Waals surface area (Å²) in [4.78, 5) is 4.10. The van der Waals surface area contributed by atoms with E-state index in [1.807, 2.05) is 18.2 Å². The van der Waals surface area contributed by atoms with Crippen LogP contribution in [0.5, 0.6) is 0 Å². The van der Waals surface area contributed by atoms with Gasteiger partial charge < -0.3 is 10.2 Å². The first-order valence-electron chi connectivity index (χ1n) is 5.87. The number of nitrogens with two attached hydrogens (primary N) is 1. The molecule has 92 valence electrons. The Labute approximate surface area is 104 Å². The van der Waals surface area contributed by atoms with Crippen molar-refractivity contribution in [1.82, 2.24) is 15.2 Å². The van der Waals surface area contributed by atoms with Crippen molar-refractivity contribution in [1.29, 1.82) is 0 Å². The normalized spacial score (nSPS) is 11.2. The Morgan fingerprint density at radius 2 is 2.28 bits per heavy atom. The number of benzene rings is 1. The number of rotatable bonds is 3. The number of hydrogen-bond donors (Lipinski definition) is 2. The van der Waals surface area contributed by atoms with Crippen molar-refractivity contribution < 1.29 is 4.42 Å². The van der Waals surface area contributed by atoms with Crippen LogP contribution in [0.25, 0.3) is 22.4 Å². The van der Waals surface area contributed by atoms with E-state index >= 15 is 0 Å². The average molecular weight is 242 g/mol. The van der Waals surface area contributed by atoms with E-state index in [4.69, 9.17) is 10.2 Å². The maximum Gasteiger partial charge on any atom is 0.181 e. The van der Waals surface area contributed by atoms with Crippen molar-refractivity contribution in [2.24, 2.45) is 5.73 Å². The van der Waals surface area contributed by atoms with E-state index in [1.165, 1.54) is 6.39 Å². The van der Waals surface area contributed by atoms with Gasteiger partial charge in [0.2, 0.25) is 0 Å². The molecule has 3 N–H and O–H groups in total. The third-order valence-corrected chi connectivity index (χ3v) is 3.11. The fourth-order valence-electron chi connectivity index (χ4n) is 2.11. The Balaban J connectivity index is 2.07. The van der Waals surface area contributed by atoms with Crippen LogP contribution in [-0.2, 0) is 6.42 Å². The van der Waals surface area contributed by atoms with Crippen LogP contribution in [0.3, 0.4) is 0 Å². The van der Waals surface area contributed by atoms with Gasteiger partial charge in [0.05, 0.1) is 5.69 Å². The maximum absolute atomic E-state index is 5.57. The summed E-state index contributed by atoms with van der Waals surface area (Å²) in [6, 6.07) is 5.89. The molecule has 1 aromatic carbocycles. The molecule has 0 saturated heterocycles. The maximum atomic E-state index is 5.57. The fourth-order valence-corrected chi connectivity index (χ4v) is 2.11. The van der Waals surface area contributed by atoms with Crippen LogP contribution >= 0.6 is 0 Å². The van der Waals surface area contributed by atoms with Crippen molar-refractivity contribution >= 4 is 11.1 Å². The number of nitrogens with one attached hydrogen (secondary N) is 1. The highest BCUT2D eigenvalue weighted by molar-refractivity contribution is 5.79. The second-order valence-electron chi connectivity index (χ2n) is 4.25. The van der Waals surface area contributed by atoms with Crippen LogP contribution in [-0.4, -0.2) is 21.7 Å². The van der Waals surface area contributed by atoms with Gasteiger partial charge in [0.15, 0.2) is 12.0 Å². The third kappa shape index (κ3) is 1.69. The minimum Gasteiger partial charge on any atom is -0.443 e. The van der Waals surface area contributed by atoms with Gasteiger partial charge in [-0.1, -0.05) is 6.07 Å². The summed E-state index contributed by atoms with van der Waals surface area (Å²) in [5.74, 6) is 0. The molecule has 0 spiro atoms. The lowest BCUT2D eigenvalue weighted by atomic mass is 10.1. The SMILES string of the molecule is Cc1c(-c2ccc3ncoc3c2)n[nH]c1CCN. The van der Waals surface area contributed by atoms with Gasteiger partial charge in [0, 0.05) is 17.7 Å². The van der Waals surface area contributed by atoms with E-state index in [2.05, 4.69) is 22.1 Å². The second-order valence-corrected chi connectivity index (χ2v) is 4.25. The van der Waals surface area contributed by atoms with Gasteiger partial charge in [-0.3, -0.25) is 5.10 Å². The Morgan fingerprint density at radius 3 is 3.11 bits per heavy atom. The molecule has 2 heterocycles. The third-order valence-electron chi connectivity index (χ3n) is 3.11. The van der Waals surface area contributed by atoms with Gasteiger partial charge in [-0.05, 0) is 31.2 Å². The van der Waals surface area contributed by atoms with E-state index in [9.17, 15) is 0 Å². The highest BCUT2D eigenvalue weighted by Crippen LogP contribution is 2.26. The Bertz CT molecular complexity index is 683. The number of H-pyrrole nitrogens is 1. The molecule has 3 rings (SSSR count). The summed E-state index contributed by atoms with van der Waals surface area (Å²) < 4.78 is 5.31. The largest absolute Gasteiger partial charge is 0.443 e. The molecule has 0 aliphatic carbocycles. The first-order chi connectivity index (χ1) is 8.79. The molecule has 5 heteroatoms. The number of nitrogens with zero attached hydrogens (tertiary/aromatic N) is 2.